The summed E-state index contributed by atoms with van der Waals surface area (Å²) in [5.41, 5.74) is 2.46. The van der Waals surface area contributed by atoms with Crippen molar-refractivity contribution in [1.82, 2.24) is 0 Å². The van der Waals surface area contributed by atoms with Crippen LogP contribution in [0.4, 0.5) is 0 Å². The normalized spacial score (nSPS) is 18.6. The van der Waals surface area contributed by atoms with E-state index in [1.165, 1.54) is 7.11 Å². The Hall–Kier alpha value is -2.70. The van der Waals surface area contributed by atoms with E-state index in [9.17, 15) is 10.2 Å². The zero-order valence-corrected chi connectivity index (χ0v) is 14.7. The van der Waals surface area contributed by atoms with E-state index in [2.05, 4.69) is 0 Å². The van der Waals surface area contributed by atoms with Gasteiger partial charge < -0.3 is 29.5 Å². The van der Waals surface area contributed by atoms with Crippen molar-refractivity contribution in [3.05, 3.63) is 53.1 Å². The molecule has 0 unspecified atom stereocenters. The molecule has 0 bridgehead atoms. The SMILES string of the molecule is COc1cc([C@H]2Oc3c(OC)cc(/C=C/CO)cc3[C@H]2CO)ccc1O. The van der Waals surface area contributed by atoms with Crippen LogP contribution < -0.4 is 14.2 Å². The molecule has 26 heavy (non-hydrogen) atoms. The van der Waals surface area contributed by atoms with E-state index in [1.807, 2.05) is 12.1 Å². The van der Waals surface area contributed by atoms with Crippen LogP contribution in [0.1, 0.15) is 28.7 Å². The maximum Gasteiger partial charge on any atom is 0.165 e. The molecule has 1 heterocycles. The van der Waals surface area contributed by atoms with E-state index in [0.29, 0.717) is 17.2 Å². The summed E-state index contributed by atoms with van der Waals surface area (Å²) in [6.07, 6.45) is 2.98. The second-order valence-corrected chi connectivity index (χ2v) is 5.99. The minimum atomic E-state index is -0.435. The minimum absolute atomic E-state index is 0.0429. The Labute approximate surface area is 151 Å². The van der Waals surface area contributed by atoms with Crippen LogP contribution in [0.3, 0.4) is 0 Å². The lowest BCUT2D eigenvalue weighted by atomic mass is 9.90. The third-order valence-electron chi connectivity index (χ3n) is 4.48. The topological polar surface area (TPSA) is 88.4 Å². The van der Waals surface area contributed by atoms with Crippen LogP contribution in [0.15, 0.2) is 36.4 Å². The van der Waals surface area contributed by atoms with Crippen LogP contribution in [0.25, 0.3) is 6.08 Å². The highest BCUT2D eigenvalue weighted by atomic mass is 16.5. The summed E-state index contributed by atoms with van der Waals surface area (Å²) in [7, 11) is 3.04. The van der Waals surface area contributed by atoms with E-state index >= 15 is 0 Å². The van der Waals surface area contributed by atoms with Crippen LogP contribution in [0.5, 0.6) is 23.0 Å². The first-order valence-electron chi connectivity index (χ1n) is 8.26. The number of fused-ring (bicyclic) bond motifs is 1. The number of rotatable bonds is 6. The first-order chi connectivity index (χ1) is 12.6. The number of benzene rings is 2. The summed E-state index contributed by atoms with van der Waals surface area (Å²) in [6.45, 7) is -0.174. The molecule has 2 atom stereocenters. The predicted octanol–water partition coefficient (Wildman–Crippen LogP) is 2.62. The number of aliphatic hydroxyl groups excluding tert-OH is 2. The molecular formula is C20H22O6. The van der Waals surface area contributed by atoms with Gasteiger partial charge in [0.2, 0.25) is 0 Å². The fourth-order valence-corrected chi connectivity index (χ4v) is 3.22. The molecule has 0 saturated carbocycles. The zero-order valence-electron chi connectivity index (χ0n) is 14.7. The largest absolute Gasteiger partial charge is 0.504 e. The van der Waals surface area contributed by atoms with Crippen LogP contribution in [0.2, 0.25) is 0 Å². The maximum atomic E-state index is 10.00. The van der Waals surface area contributed by atoms with Crippen molar-refractivity contribution in [3.63, 3.8) is 0 Å². The molecule has 3 N–H and O–H groups in total. The average molecular weight is 358 g/mol. The van der Waals surface area contributed by atoms with Crippen molar-refractivity contribution in [3.8, 4) is 23.0 Å². The summed E-state index contributed by atoms with van der Waals surface area (Å²) in [5, 5.41) is 28.8. The number of ether oxygens (including phenoxy) is 3. The van der Waals surface area contributed by atoms with Gasteiger partial charge in [0.25, 0.3) is 0 Å². The molecule has 138 valence electrons. The Balaban J connectivity index is 2.04. The first kappa shape index (κ1) is 18.1. The van der Waals surface area contributed by atoms with Crippen LogP contribution in [-0.4, -0.2) is 42.8 Å². The van der Waals surface area contributed by atoms with E-state index < -0.39 is 6.10 Å². The fourth-order valence-electron chi connectivity index (χ4n) is 3.22. The molecule has 0 spiro atoms. The number of phenolic OH excluding ortho intramolecular Hbond substituents is 1. The molecule has 0 saturated heterocycles. The Morgan fingerprint density at radius 1 is 1.08 bits per heavy atom. The minimum Gasteiger partial charge on any atom is -0.504 e. The van der Waals surface area contributed by atoms with Gasteiger partial charge in [-0.2, -0.15) is 0 Å². The van der Waals surface area contributed by atoms with Crippen molar-refractivity contribution in [2.45, 2.75) is 12.0 Å². The molecule has 2 aromatic rings. The fraction of sp³-hybridized carbons (Fsp3) is 0.300. The van der Waals surface area contributed by atoms with Crippen LogP contribution >= 0.6 is 0 Å². The van der Waals surface area contributed by atoms with E-state index in [-0.39, 0.29) is 24.9 Å². The van der Waals surface area contributed by atoms with Crippen molar-refractivity contribution < 1.29 is 29.5 Å². The van der Waals surface area contributed by atoms with Crippen molar-refractivity contribution in [2.75, 3.05) is 27.4 Å². The summed E-state index contributed by atoms with van der Waals surface area (Å²) in [4.78, 5) is 0. The second kappa shape index (κ2) is 7.68. The molecule has 0 fully saturated rings. The van der Waals surface area contributed by atoms with Gasteiger partial charge in [0.1, 0.15) is 6.10 Å². The van der Waals surface area contributed by atoms with Gasteiger partial charge in [-0.05, 0) is 35.4 Å². The zero-order chi connectivity index (χ0) is 18.7. The molecule has 1 aliphatic rings. The number of phenols is 1. The highest BCUT2D eigenvalue weighted by Gasteiger charge is 2.37. The third kappa shape index (κ3) is 3.21. The smallest absolute Gasteiger partial charge is 0.165 e. The van der Waals surface area contributed by atoms with Crippen LogP contribution in [-0.2, 0) is 0 Å². The molecule has 0 amide bonds. The maximum absolute atomic E-state index is 10.00. The van der Waals surface area contributed by atoms with Crippen molar-refractivity contribution in [1.29, 1.82) is 0 Å². The number of aliphatic hydroxyl groups is 2. The monoisotopic (exact) mass is 358 g/mol. The lowest BCUT2D eigenvalue weighted by Gasteiger charge is -2.18. The molecular weight excluding hydrogens is 336 g/mol. The Kier molecular flexibility index (Phi) is 5.35. The van der Waals surface area contributed by atoms with Crippen molar-refractivity contribution >= 4 is 6.08 Å². The molecule has 6 nitrogen and oxygen atoms in total. The quantitative estimate of drug-likeness (QED) is 0.736. The lowest BCUT2D eigenvalue weighted by molar-refractivity contribution is 0.157. The molecule has 0 aliphatic carbocycles. The van der Waals surface area contributed by atoms with Gasteiger partial charge in [0, 0.05) is 5.56 Å². The number of aromatic hydroxyl groups is 1. The molecule has 6 heteroatoms. The highest BCUT2D eigenvalue weighted by Crippen LogP contribution is 2.51. The Morgan fingerprint density at radius 3 is 2.50 bits per heavy atom. The summed E-state index contributed by atoms with van der Waals surface area (Å²) in [5.74, 6) is 1.24. The van der Waals surface area contributed by atoms with Crippen molar-refractivity contribution in [2.24, 2.45) is 0 Å². The van der Waals surface area contributed by atoms with Gasteiger partial charge in [0.15, 0.2) is 23.0 Å². The highest BCUT2D eigenvalue weighted by molar-refractivity contribution is 5.62. The lowest BCUT2D eigenvalue weighted by Crippen LogP contribution is -2.13. The summed E-state index contributed by atoms with van der Waals surface area (Å²) in [6, 6.07) is 8.73. The van der Waals surface area contributed by atoms with Gasteiger partial charge in [-0.1, -0.05) is 18.2 Å². The van der Waals surface area contributed by atoms with E-state index in [1.54, 1.807) is 37.5 Å². The van der Waals surface area contributed by atoms with Crippen LogP contribution in [0, 0.1) is 0 Å². The number of hydrogen-bond donors (Lipinski definition) is 3. The molecule has 3 rings (SSSR count). The van der Waals surface area contributed by atoms with Gasteiger partial charge in [-0.15, -0.1) is 0 Å². The summed E-state index contributed by atoms with van der Waals surface area (Å²) >= 11 is 0. The van der Waals surface area contributed by atoms with Gasteiger partial charge in [-0.3, -0.25) is 0 Å². The van der Waals surface area contributed by atoms with Gasteiger partial charge in [-0.25, -0.2) is 0 Å². The third-order valence-corrected chi connectivity index (χ3v) is 4.48. The first-order valence-corrected chi connectivity index (χ1v) is 8.26. The second-order valence-electron chi connectivity index (χ2n) is 5.99. The Bertz CT molecular complexity index is 814. The Morgan fingerprint density at radius 2 is 1.85 bits per heavy atom. The standard InChI is InChI=1S/C20H22O6/c1-24-17-10-13(5-6-16(17)23)19-15(11-22)14-8-12(4-3-7-21)9-18(25-2)20(14)26-19/h3-6,8-10,15,19,21-23H,7,11H2,1-2H3/b4-3+/t15-,19-/m1/s1. The molecule has 2 aromatic carbocycles. The summed E-state index contributed by atoms with van der Waals surface area (Å²) < 4.78 is 16.7. The molecule has 0 aromatic heterocycles. The molecule has 1 aliphatic heterocycles. The van der Waals surface area contributed by atoms with E-state index in [0.717, 1.165) is 16.7 Å². The molecule has 0 radical (unpaired) electrons. The average Bonchev–Trinajstić information content (AvgIpc) is 3.04. The number of hydrogen-bond acceptors (Lipinski definition) is 6. The van der Waals surface area contributed by atoms with Gasteiger partial charge >= 0.3 is 0 Å². The number of methoxy groups -OCH3 is 2. The van der Waals surface area contributed by atoms with Gasteiger partial charge in [0.05, 0.1) is 33.4 Å². The van der Waals surface area contributed by atoms with E-state index in [4.69, 9.17) is 19.3 Å². The predicted molar refractivity (Wildman–Crippen MR) is 97.0 cm³/mol.